The highest BCUT2D eigenvalue weighted by Crippen LogP contribution is 2.33. The predicted octanol–water partition coefficient (Wildman–Crippen LogP) is 1.32. The molecule has 2 rings (SSSR count). The zero-order valence-corrected chi connectivity index (χ0v) is 18.4. The third-order valence-electron chi connectivity index (χ3n) is 6.06. The van der Waals surface area contributed by atoms with Gasteiger partial charge in [0.25, 0.3) is 0 Å². The van der Waals surface area contributed by atoms with Gasteiger partial charge in [-0.1, -0.05) is 38.2 Å². The van der Waals surface area contributed by atoms with Gasteiger partial charge in [-0.2, -0.15) is 0 Å². The highest BCUT2D eigenvalue weighted by molar-refractivity contribution is 5.94. The molecular weight excluding hydrogens is 368 g/mol. The average molecular weight is 405 g/mol. The van der Waals surface area contributed by atoms with Crippen LogP contribution in [0.5, 0.6) is 0 Å². The molecule has 0 aromatic rings. The fraction of sp³-hybridized carbons (Fsp3) is 0.682. The van der Waals surface area contributed by atoms with Gasteiger partial charge >= 0.3 is 0 Å². The fourth-order valence-electron chi connectivity index (χ4n) is 4.09. The number of nitrogens with zero attached hydrogens (tertiary/aromatic N) is 2. The van der Waals surface area contributed by atoms with E-state index < -0.39 is 12.1 Å². The monoisotopic (exact) mass is 404 g/mol. The van der Waals surface area contributed by atoms with E-state index in [1.807, 2.05) is 31.7 Å². The van der Waals surface area contributed by atoms with E-state index in [1.54, 1.807) is 24.9 Å². The molecule has 2 heterocycles. The van der Waals surface area contributed by atoms with Crippen molar-refractivity contribution >= 4 is 17.7 Å². The van der Waals surface area contributed by atoms with Crippen molar-refractivity contribution in [3.8, 4) is 0 Å². The van der Waals surface area contributed by atoms with E-state index in [-0.39, 0.29) is 35.6 Å². The summed E-state index contributed by atoms with van der Waals surface area (Å²) in [6.07, 6.45) is 5.34. The number of likely N-dealkylation sites (tertiary alicyclic amines) is 2. The van der Waals surface area contributed by atoms with E-state index in [0.29, 0.717) is 19.6 Å². The molecule has 2 saturated heterocycles. The highest BCUT2D eigenvalue weighted by Gasteiger charge is 2.50. The first kappa shape index (κ1) is 23.1. The van der Waals surface area contributed by atoms with Crippen molar-refractivity contribution < 1.29 is 14.4 Å². The fourth-order valence-corrected chi connectivity index (χ4v) is 4.09. The van der Waals surface area contributed by atoms with Gasteiger partial charge in [0.2, 0.25) is 17.7 Å². The van der Waals surface area contributed by atoms with Crippen LogP contribution >= 0.6 is 0 Å². The molecule has 3 amide bonds. The lowest BCUT2D eigenvalue weighted by Crippen LogP contribution is -2.56. The lowest BCUT2D eigenvalue weighted by atomic mass is 10.0. The SMILES string of the molecule is C=CC=C(C)CCN1CC2CCN(C(=O)C(NC(=O)C(C)NC)C(C)C)C2C1=O. The Morgan fingerprint density at radius 3 is 2.59 bits per heavy atom. The maximum atomic E-state index is 13.3. The van der Waals surface area contributed by atoms with Gasteiger partial charge in [0, 0.05) is 25.6 Å². The first-order valence-electron chi connectivity index (χ1n) is 10.6. The zero-order valence-electron chi connectivity index (χ0n) is 18.4. The maximum absolute atomic E-state index is 13.3. The predicted molar refractivity (Wildman–Crippen MR) is 114 cm³/mol. The smallest absolute Gasteiger partial charge is 0.246 e. The normalized spacial score (nSPS) is 23.9. The van der Waals surface area contributed by atoms with Crippen LogP contribution in [-0.2, 0) is 14.4 Å². The minimum Gasteiger partial charge on any atom is -0.343 e. The quantitative estimate of drug-likeness (QED) is 0.568. The molecule has 0 aromatic heterocycles. The lowest BCUT2D eigenvalue weighted by Gasteiger charge is -2.31. The Balaban J connectivity index is 2.07. The second-order valence-corrected chi connectivity index (χ2v) is 8.55. The maximum Gasteiger partial charge on any atom is 0.246 e. The summed E-state index contributed by atoms with van der Waals surface area (Å²) in [5, 5.41) is 5.76. The van der Waals surface area contributed by atoms with Crippen molar-refractivity contribution in [2.45, 2.75) is 58.7 Å². The van der Waals surface area contributed by atoms with Crippen LogP contribution < -0.4 is 10.6 Å². The van der Waals surface area contributed by atoms with Crippen LogP contribution in [-0.4, -0.2) is 72.3 Å². The standard InChI is InChI=1S/C22H36N4O3/c1-7-8-15(4)9-11-25-13-17-10-12-26(19(17)22(25)29)21(28)18(14(2)3)24-20(27)16(5)23-6/h7-8,14,16-19,23H,1,9-13H2,2-6H3,(H,24,27). The van der Waals surface area contributed by atoms with E-state index in [4.69, 9.17) is 0 Å². The van der Waals surface area contributed by atoms with Crippen LogP contribution in [0.3, 0.4) is 0 Å². The van der Waals surface area contributed by atoms with Gasteiger partial charge in [-0.25, -0.2) is 0 Å². The minimum absolute atomic E-state index is 0.0321. The molecule has 4 unspecified atom stereocenters. The summed E-state index contributed by atoms with van der Waals surface area (Å²) in [5.41, 5.74) is 1.18. The third-order valence-corrected chi connectivity index (χ3v) is 6.06. The molecule has 0 spiro atoms. The summed E-state index contributed by atoms with van der Waals surface area (Å²) in [5.74, 6) is -0.213. The number of carbonyl (C=O) groups is 3. The Bertz CT molecular complexity index is 673. The highest BCUT2D eigenvalue weighted by atomic mass is 16.2. The molecule has 0 aromatic carbocycles. The van der Waals surface area contributed by atoms with Crippen molar-refractivity contribution in [1.82, 2.24) is 20.4 Å². The van der Waals surface area contributed by atoms with Crippen LogP contribution in [0.15, 0.2) is 24.3 Å². The van der Waals surface area contributed by atoms with Crippen molar-refractivity contribution in [3.63, 3.8) is 0 Å². The third kappa shape index (κ3) is 5.26. The van der Waals surface area contributed by atoms with Crippen molar-refractivity contribution in [1.29, 1.82) is 0 Å². The molecule has 4 atom stereocenters. The van der Waals surface area contributed by atoms with Crippen molar-refractivity contribution in [2.75, 3.05) is 26.7 Å². The lowest BCUT2D eigenvalue weighted by molar-refractivity contribution is -0.144. The number of likely N-dealkylation sites (N-methyl/N-ethyl adjacent to an activating group) is 1. The Morgan fingerprint density at radius 1 is 1.31 bits per heavy atom. The van der Waals surface area contributed by atoms with Crippen molar-refractivity contribution in [2.24, 2.45) is 11.8 Å². The van der Waals surface area contributed by atoms with E-state index in [0.717, 1.165) is 12.8 Å². The van der Waals surface area contributed by atoms with Crippen LogP contribution in [0.25, 0.3) is 0 Å². The van der Waals surface area contributed by atoms with Crippen LogP contribution in [0.4, 0.5) is 0 Å². The Hall–Kier alpha value is -2.15. The van der Waals surface area contributed by atoms with Gasteiger partial charge in [-0.15, -0.1) is 0 Å². The molecule has 2 aliphatic heterocycles. The number of rotatable bonds is 9. The number of fused-ring (bicyclic) bond motifs is 1. The Kier molecular flexibility index (Phi) is 8.02. The Labute approximate surface area is 174 Å². The second kappa shape index (κ2) is 10.1. The summed E-state index contributed by atoms with van der Waals surface area (Å²) in [4.78, 5) is 42.2. The molecule has 0 bridgehead atoms. The van der Waals surface area contributed by atoms with E-state index in [9.17, 15) is 14.4 Å². The number of hydrogen-bond donors (Lipinski definition) is 2. The molecule has 0 aliphatic carbocycles. The van der Waals surface area contributed by atoms with E-state index in [2.05, 4.69) is 17.2 Å². The number of nitrogens with one attached hydrogen (secondary N) is 2. The number of amides is 3. The van der Waals surface area contributed by atoms with Crippen LogP contribution in [0.1, 0.15) is 40.5 Å². The topological polar surface area (TPSA) is 81.8 Å². The summed E-state index contributed by atoms with van der Waals surface area (Å²) in [7, 11) is 1.71. The molecule has 0 saturated carbocycles. The Morgan fingerprint density at radius 2 is 2.00 bits per heavy atom. The molecule has 29 heavy (non-hydrogen) atoms. The second-order valence-electron chi connectivity index (χ2n) is 8.55. The molecule has 7 nitrogen and oxygen atoms in total. The molecule has 2 fully saturated rings. The van der Waals surface area contributed by atoms with Gasteiger partial charge in [-0.05, 0) is 39.7 Å². The summed E-state index contributed by atoms with van der Waals surface area (Å²) < 4.78 is 0. The largest absolute Gasteiger partial charge is 0.343 e. The number of hydrogen-bond acceptors (Lipinski definition) is 4. The number of carbonyl (C=O) groups excluding carboxylic acids is 3. The molecule has 2 aliphatic rings. The zero-order chi connectivity index (χ0) is 21.7. The minimum atomic E-state index is -0.628. The first-order chi connectivity index (χ1) is 13.7. The average Bonchev–Trinajstić information content (AvgIpc) is 3.23. The van der Waals surface area contributed by atoms with Crippen LogP contribution in [0.2, 0.25) is 0 Å². The first-order valence-corrected chi connectivity index (χ1v) is 10.6. The molecular formula is C22H36N4O3. The summed E-state index contributed by atoms with van der Waals surface area (Å²) >= 11 is 0. The van der Waals surface area contributed by atoms with Crippen LogP contribution in [0, 0.1) is 11.8 Å². The van der Waals surface area contributed by atoms with Gasteiger partial charge in [0.05, 0.1) is 6.04 Å². The summed E-state index contributed by atoms with van der Waals surface area (Å²) in [6.45, 7) is 13.2. The van der Waals surface area contributed by atoms with Gasteiger partial charge in [0.15, 0.2) is 0 Å². The van der Waals surface area contributed by atoms with Gasteiger partial charge in [-0.3, -0.25) is 14.4 Å². The summed E-state index contributed by atoms with van der Waals surface area (Å²) in [6, 6.07) is -1.41. The van der Waals surface area contributed by atoms with E-state index >= 15 is 0 Å². The van der Waals surface area contributed by atoms with Gasteiger partial charge in [0.1, 0.15) is 12.1 Å². The molecule has 0 radical (unpaired) electrons. The molecule has 7 heteroatoms. The number of allylic oxidation sites excluding steroid dienone is 2. The van der Waals surface area contributed by atoms with Gasteiger partial charge < -0.3 is 20.4 Å². The molecule has 162 valence electrons. The van der Waals surface area contributed by atoms with Crippen molar-refractivity contribution in [3.05, 3.63) is 24.3 Å². The molecule has 2 N–H and O–H groups in total. The van der Waals surface area contributed by atoms with E-state index in [1.165, 1.54) is 5.57 Å².